The second-order valence-electron chi connectivity index (χ2n) is 8.88. The monoisotopic (exact) mass is 459 g/mol. The molecule has 2 N–H and O–H groups in total. The lowest BCUT2D eigenvalue weighted by molar-refractivity contribution is -0.143. The molecule has 2 aliphatic carbocycles. The van der Waals surface area contributed by atoms with Crippen LogP contribution >= 0.6 is 0 Å². The van der Waals surface area contributed by atoms with Crippen molar-refractivity contribution in [1.29, 1.82) is 0 Å². The standard InChI is InChI=1S/C25H21N3O6/c29-20(11-28-24(31)21-13-5-6-14(9-13)22(21)25(28)32)27-17-4-2-1-3-16(17)23(30)26-15-7-8-18-19(10-15)34-12-33-18/h1-8,10,13-14,21-22H,9,11-12H2,(H,26,30)(H,27,29)/t13-,14-,21-,22+/m0/s1. The average molecular weight is 459 g/mol. The molecule has 0 radical (unpaired) electrons. The van der Waals surface area contributed by atoms with Crippen molar-refractivity contribution in [3.63, 3.8) is 0 Å². The van der Waals surface area contributed by atoms with Crippen LogP contribution in [0, 0.1) is 23.7 Å². The Morgan fingerprint density at radius 3 is 2.38 bits per heavy atom. The molecule has 172 valence electrons. The van der Waals surface area contributed by atoms with E-state index in [-0.39, 0.29) is 60.1 Å². The Balaban J connectivity index is 1.14. The Morgan fingerprint density at radius 1 is 0.912 bits per heavy atom. The van der Waals surface area contributed by atoms with E-state index >= 15 is 0 Å². The average Bonchev–Trinajstić information content (AvgIpc) is 3.60. The molecule has 9 nitrogen and oxygen atoms in total. The summed E-state index contributed by atoms with van der Waals surface area (Å²) in [4.78, 5) is 52.4. The summed E-state index contributed by atoms with van der Waals surface area (Å²) in [6, 6.07) is 11.6. The third-order valence-electron chi connectivity index (χ3n) is 6.94. The lowest BCUT2D eigenvalue weighted by Gasteiger charge is -2.17. The van der Waals surface area contributed by atoms with Crippen LogP contribution in [0.25, 0.3) is 0 Å². The second-order valence-corrected chi connectivity index (χ2v) is 8.88. The second kappa shape index (κ2) is 7.72. The molecule has 9 heteroatoms. The van der Waals surface area contributed by atoms with Crippen molar-refractivity contribution in [2.45, 2.75) is 6.42 Å². The number of nitrogens with one attached hydrogen (secondary N) is 2. The van der Waals surface area contributed by atoms with Gasteiger partial charge < -0.3 is 20.1 Å². The molecule has 4 amide bonds. The Morgan fingerprint density at radius 2 is 1.62 bits per heavy atom. The van der Waals surface area contributed by atoms with E-state index in [9.17, 15) is 19.2 Å². The predicted molar refractivity (Wildman–Crippen MR) is 120 cm³/mol. The summed E-state index contributed by atoms with van der Waals surface area (Å²) in [5.41, 5.74) is 1.04. The molecule has 4 atom stereocenters. The van der Waals surface area contributed by atoms with E-state index in [1.165, 1.54) is 0 Å². The van der Waals surface area contributed by atoms with Crippen molar-refractivity contribution in [3.05, 3.63) is 60.2 Å². The van der Waals surface area contributed by atoms with E-state index in [1.807, 2.05) is 12.2 Å². The van der Waals surface area contributed by atoms with Gasteiger partial charge in [-0.15, -0.1) is 0 Å². The molecule has 34 heavy (non-hydrogen) atoms. The first-order valence-corrected chi connectivity index (χ1v) is 11.1. The number of fused-ring (bicyclic) bond motifs is 6. The number of carbonyl (C=O) groups is 4. The van der Waals surface area contributed by atoms with Gasteiger partial charge in [0.15, 0.2) is 11.5 Å². The summed E-state index contributed by atoms with van der Waals surface area (Å²) < 4.78 is 10.6. The molecule has 2 aromatic carbocycles. The minimum atomic E-state index is -0.537. The molecule has 0 aromatic heterocycles. The zero-order valence-electron chi connectivity index (χ0n) is 18.0. The highest BCUT2D eigenvalue weighted by atomic mass is 16.7. The van der Waals surface area contributed by atoms with Crippen LogP contribution in [0.3, 0.4) is 0 Å². The molecule has 2 aromatic rings. The lowest BCUT2D eigenvalue weighted by atomic mass is 9.85. The van der Waals surface area contributed by atoms with E-state index in [2.05, 4.69) is 10.6 Å². The van der Waals surface area contributed by atoms with Gasteiger partial charge >= 0.3 is 0 Å². The Labute approximate surface area is 194 Å². The van der Waals surface area contributed by atoms with E-state index in [0.29, 0.717) is 17.2 Å². The van der Waals surface area contributed by atoms with Crippen molar-refractivity contribution in [2.75, 3.05) is 24.0 Å². The first kappa shape index (κ1) is 20.5. The topological polar surface area (TPSA) is 114 Å². The van der Waals surface area contributed by atoms with Crippen LogP contribution < -0.4 is 20.1 Å². The number of allylic oxidation sites excluding steroid dienone is 2. The molecule has 6 rings (SSSR count). The minimum absolute atomic E-state index is 0.0834. The fourth-order valence-corrected chi connectivity index (χ4v) is 5.42. The minimum Gasteiger partial charge on any atom is -0.454 e. The number of imide groups is 1. The molecule has 2 bridgehead atoms. The molecule has 2 heterocycles. The number of hydrogen-bond donors (Lipinski definition) is 2. The summed E-state index contributed by atoms with van der Waals surface area (Å²) in [5, 5.41) is 5.47. The van der Waals surface area contributed by atoms with Crippen LogP contribution in [0.1, 0.15) is 16.8 Å². The first-order valence-electron chi connectivity index (χ1n) is 11.1. The number of ether oxygens (including phenoxy) is 2. The maximum atomic E-state index is 12.9. The molecular weight excluding hydrogens is 438 g/mol. The van der Waals surface area contributed by atoms with Crippen LogP contribution in [0.2, 0.25) is 0 Å². The number of hydrogen-bond acceptors (Lipinski definition) is 6. The Hall–Kier alpha value is -4.14. The molecular formula is C25H21N3O6. The highest BCUT2D eigenvalue weighted by Crippen LogP contribution is 2.52. The normalized spacial score (nSPS) is 25.6. The van der Waals surface area contributed by atoms with Gasteiger partial charge in [0.25, 0.3) is 5.91 Å². The third kappa shape index (κ3) is 3.23. The molecule has 0 spiro atoms. The summed E-state index contributed by atoms with van der Waals surface area (Å²) in [6.07, 6.45) is 4.85. The van der Waals surface area contributed by atoms with E-state index < -0.39 is 11.8 Å². The van der Waals surface area contributed by atoms with Gasteiger partial charge in [-0.1, -0.05) is 24.3 Å². The highest BCUT2D eigenvalue weighted by Gasteiger charge is 2.59. The summed E-state index contributed by atoms with van der Waals surface area (Å²) in [5.74, 6) is -0.931. The van der Waals surface area contributed by atoms with Gasteiger partial charge in [0.05, 0.1) is 23.1 Å². The van der Waals surface area contributed by atoms with E-state index in [0.717, 1.165) is 11.3 Å². The van der Waals surface area contributed by atoms with Crippen LogP contribution in [-0.4, -0.2) is 41.9 Å². The van der Waals surface area contributed by atoms with Gasteiger partial charge in [-0.3, -0.25) is 24.1 Å². The smallest absolute Gasteiger partial charge is 0.257 e. The largest absolute Gasteiger partial charge is 0.454 e. The number of rotatable bonds is 5. The van der Waals surface area contributed by atoms with Gasteiger partial charge in [0, 0.05) is 11.8 Å². The third-order valence-corrected chi connectivity index (χ3v) is 6.94. The number of amides is 4. The lowest BCUT2D eigenvalue weighted by Crippen LogP contribution is -2.39. The van der Waals surface area contributed by atoms with Crippen molar-refractivity contribution in [1.82, 2.24) is 4.90 Å². The van der Waals surface area contributed by atoms with Crippen molar-refractivity contribution in [3.8, 4) is 11.5 Å². The van der Waals surface area contributed by atoms with Crippen molar-refractivity contribution in [2.24, 2.45) is 23.7 Å². The van der Waals surface area contributed by atoms with Crippen LogP contribution in [0.15, 0.2) is 54.6 Å². The van der Waals surface area contributed by atoms with Gasteiger partial charge in [0.1, 0.15) is 6.54 Å². The van der Waals surface area contributed by atoms with Crippen molar-refractivity contribution >= 4 is 35.0 Å². The van der Waals surface area contributed by atoms with Gasteiger partial charge in [0.2, 0.25) is 24.5 Å². The molecule has 1 saturated heterocycles. The van der Waals surface area contributed by atoms with Crippen molar-refractivity contribution < 1.29 is 28.7 Å². The summed E-state index contributed by atoms with van der Waals surface area (Å²) in [6.45, 7) is -0.245. The Kier molecular flexibility index (Phi) is 4.65. The molecule has 1 saturated carbocycles. The SMILES string of the molecule is O=C(CN1C(=O)[C@@H]2[C@H](C1=O)[C@H]1C=C[C@H]2C1)Nc1ccccc1C(=O)Nc1ccc2c(c1)OCO2. The van der Waals surface area contributed by atoms with E-state index in [1.54, 1.807) is 42.5 Å². The molecule has 2 aliphatic heterocycles. The fraction of sp³-hybridized carbons (Fsp3) is 0.280. The van der Waals surface area contributed by atoms with Gasteiger partial charge in [-0.25, -0.2) is 0 Å². The first-order chi connectivity index (χ1) is 16.5. The molecule has 2 fully saturated rings. The number of nitrogens with zero attached hydrogens (tertiary/aromatic N) is 1. The molecule has 4 aliphatic rings. The summed E-state index contributed by atoms with van der Waals surface area (Å²) >= 11 is 0. The Bertz CT molecular complexity index is 1240. The summed E-state index contributed by atoms with van der Waals surface area (Å²) in [7, 11) is 0. The van der Waals surface area contributed by atoms with Crippen LogP contribution in [0.5, 0.6) is 11.5 Å². The molecule has 0 unspecified atom stereocenters. The predicted octanol–water partition coefficient (Wildman–Crippen LogP) is 2.41. The number of benzene rings is 2. The maximum absolute atomic E-state index is 12.9. The number of carbonyl (C=O) groups excluding carboxylic acids is 4. The number of para-hydroxylation sites is 1. The highest BCUT2D eigenvalue weighted by molar-refractivity contribution is 6.12. The number of anilines is 2. The maximum Gasteiger partial charge on any atom is 0.257 e. The zero-order chi connectivity index (χ0) is 23.4. The van der Waals surface area contributed by atoms with Gasteiger partial charge in [-0.2, -0.15) is 0 Å². The quantitative estimate of drug-likeness (QED) is 0.524. The fourth-order valence-electron chi connectivity index (χ4n) is 5.42. The zero-order valence-corrected chi connectivity index (χ0v) is 18.0. The van der Waals surface area contributed by atoms with Crippen LogP contribution in [0.4, 0.5) is 11.4 Å². The van der Waals surface area contributed by atoms with E-state index in [4.69, 9.17) is 9.47 Å². The van der Waals surface area contributed by atoms with Gasteiger partial charge in [-0.05, 0) is 42.5 Å². The van der Waals surface area contributed by atoms with Crippen LogP contribution in [-0.2, 0) is 14.4 Å². The number of likely N-dealkylation sites (tertiary alicyclic amines) is 1.